The van der Waals surface area contributed by atoms with Crippen LogP contribution in [0.15, 0.2) is 24.3 Å². The van der Waals surface area contributed by atoms with Crippen molar-refractivity contribution < 1.29 is 19.1 Å². The number of hydrogen-bond donors (Lipinski definition) is 0. The smallest absolute Gasteiger partial charge is 0.323 e. The van der Waals surface area contributed by atoms with Gasteiger partial charge in [-0.1, -0.05) is 29.8 Å². The Morgan fingerprint density at radius 1 is 1.11 bits per heavy atom. The molecule has 0 bridgehead atoms. The Balaban J connectivity index is 2.30. The van der Waals surface area contributed by atoms with Crippen LogP contribution < -0.4 is 0 Å². The van der Waals surface area contributed by atoms with Crippen molar-refractivity contribution in [2.24, 2.45) is 5.41 Å². The maximum absolute atomic E-state index is 11.8. The number of carbonyl (C=O) groups excluding carboxylic acids is 2. The van der Waals surface area contributed by atoms with Crippen molar-refractivity contribution in [3.8, 4) is 0 Å². The molecule has 0 radical (unpaired) electrons. The summed E-state index contributed by atoms with van der Waals surface area (Å²) in [6.07, 6.45) is 0.454. The molecule has 0 aromatic heterocycles. The first kappa shape index (κ1) is 12.6. The molecule has 0 spiro atoms. The molecule has 18 heavy (non-hydrogen) atoms. The minimum atomic E-state index is -1.14. The van der Waals surface area contributed by atoms with E-state index in [0.29, 0.717) is 6.42 Å². The lowest BCUT2D eigenvalue weighted by Crippen LogP contribution is -2.30. The molecule has 0 aliphatic heterocycles. The molecule has 1 saturated carbocycles. The fourth-order valence-corrected chi connectivity index (χ4v) is 2.36. The second kappa shape index (κ2) is 4.44. The molecule has 0 N–H and O–H groups in total. The van der Waals surface area contributed by atoms with Crippen LogP contribution in [0.3, 0.4) is 0 Å². The Labute approximate surface area is 106 Å². The lowest BCUT2D eigenvalue weighted by molar-refractivity contribution is -0.161. The number of carbonyl (C=O) groups is 2. The molecule has 96 valence electrons. The summed E-state index contributed by atoms with van der Waals surface area (Å²) in [5.41, 5.74) is 0.969. The van der Waals surface area contributed by atoms with Gasteiger partial charge in [-0.15, -0.1) is 0 Å². The van der Waals surface area contributed by atoms with Crippen molar-refractivity contribution in [2.75, 3.05) is 14.2 Å². The molecule has 4 heteroatoms. The highest BCUT2D eigenvalue weighted by atomic mass is 16.5. The summed E-state index contributed by atoms with van der Waals surface area (Å²) in [7, 11) is 2.58. The van der Waals surface area contributed by atoms with Gasteiger partial charge < -0.3 is 9.47 Å². The average Bonchev–Trinajstić information content (AvgIpc) is 3.14. The highest BCUT2D eigenvalue weighted by molar-refractivity contribution is 6.05. The van der Waals surface area contributed by atoms with E-state index in [1.165, 1.54) is 14.2 Å². The van der Waals surface area contributed by atoms with Gasteiger partial charge in [-0.2, -0.15) is 0 Å². The number of esters is 2. The lowest BCUT2D eigenvalue weighted by Gasteiger charge is -2.12. The summed E-state index contributed by atoms with van der Waals surface area (Å²) in [4.78, 5) is 23.6. The molecular formula is C14H16O4. The number of rotatable bonds is 3. The first-order valence-electron chi connectivity index (χ1n) is 5.79. The van der Waals surface area contributed by atoms with E-state index >= 15 is 0 Å². The van der Waals surface area contributed by atoms with Gasteiger partial charge in [0.15, 0.2) is 5.41 Å². The van der Waals surface area contributed by atoms with Crippen LogP contribution in [-0.2, 0) is 19.1 Å². The number of benzene rings is 1. The van der Waals surface area contributed by atoms with Gasteiger partial charge in [-0.3, -0.25) is 9.59 Å². The Bertz CT molecular complexity index is 459. The molecule has 0 amide bonds. The molecule has 0 saturated heterocycles. The van der Waals surface area contributed by atoms with Gasteiger partial charge in [0.05, 0.1) is 14.2 Å². The summed E-state index contributed by atoms with van der Waals surface area (Å²) in [5, 5.41) is 0. The SMILES string of the molecule is COC(=O)C1(C(=O)OC)CC1c1ccc(C)cc1. The molecule has 1 aromatic carbocycles. The van der Waals surface area contributed by atoms with Gasteiger partial charge in [0.2, 0.25) is 0 Å². The summed E-state index contributed by atoms with van der Waals surface area (Å²) >= 11 is 0. The van der Waals surface area contributed by atoms with Crippen LogP contribution in [0.5, 0.6) is 0 Å². The summed E-state index contributed by atoms with van der Waals surface area (Å²) < 4.78 is 9.47. The third-order valence-electron chi connectivity index (χ3n) is 3.54. The van der Waals surface area contributed by atoms with Crippen molar-refractivity contribution in [1.82, 2.24) is 0 Å². The van der Waals surface area contributed by atoms with E-state index in [2.05, 4.69) is 0 Å². The largest absolute Gasteiger partial charge is 0.468 e. The van der Waals surface area contributed by atoms with Gasteiger partial charge in [0, 0.05) is 5.92 Å². The van der Waals surface area contributed by atoms with E-state index in [1.807, 2.05) is 31.2 Å². The minimum Gasteiger partial charge on any atom is -0.468 e. The van der Waals surface area contributed by atoms with Crippen molar-refractivity contribution in [2.45, 2.75) is 19.3 Å². The molecule has 1 unspecified atom stereocenters. The Hall–Kier alpha value is -1.84. The van der Waals surface area contributed by atoms with Crippen molar-refractivity contribution in [1.29, 1.82) is 0 Å². The number of methoxy groups -OCH3 is 2. The van der Waals surface area contributed by atoms with Gasteiger partial charge in [-0.25, -0.2) is 0 Å². The van der Waals surface area contributed by atoms with Crippen LogP contribution in [0.2, 0.25) is 0 Å². The molecule has 1 aromatic rings. The van der Waals surface area contributed by atoms with E-state index in [0.717, 1.165) is 11.1 Å². The number of ether oxygens (including phenoxy) is 2. The van der Waals surface area contributed by atoms with Crippen LogP contribution in [0.25, 0.3) is 0 Å². The predicted molar refractivity (Wildman–Crippen MR) is 65.0 cm³/mol. The van der Waals surface area contributed by atoms with E-state index in [4.69, 9.17) is 9.47 Å². The topological polar surface area (TPSA) is 52.6 Å². The molecule has 1 aliphatic carbocycles. The molecule has 2 rings (SSSR count). The zero-order valence-corrected chi connectivity index (χ0v) is 10.7. The first-order valence-corrected chi connectivity index (χ1v) is 5.79. The highest BCUT2D eigenvalue weighted by Crippen LogP contribution is 2.60. The Kier molecular flexibility index (Phi) is 3.11. The maximum Gasteiger partial charge on any atom is 0.323 e. The Morgan fingerprint density at radius 2 is 1.61 bits per heavy atom. The second-order valence-electron chi connectivity index (χ2n) is 4.62. The van der Waals surface area contributed by atoms with Crippen molar-refractivity contribution in [3.05, 3.63) is 35.4 Å². The summed E-state index contributed by atoms with van der Waals surface area (Å²) in [5.74, 6) is -1.17. The number of hydrogen-bond acceptors (Lipinski definition) is 4. The predicted octanol–water partition coefficient (Wildman–Crippen LogP) is 1.81. The zero-order chi connectivity index (χ0) is 13.3. The van der Waals surface area contributed by atoms with Gasteiger partial charge in [0.1, 0.15) is 0 Å². The van der Waals surface area contributed by atoms with Gasteiger partial charge >= 0.3 is 11.9 Å². The monoisotopic (exact) mass is 248 g/mol. The normalized spacial score (nSPS) is 20.1. The first-order chi connectivity index (χ1) is 8.56. The summed E-state index contributed by atoms with van der Waals surface area (Å²) in [6.45, 7) is 1.99. The van der Waals surface area contributed by atoms with E-state index in [1.54, 1.807) is 0 Å². The van der Waals surface area contributed by atoms with Crippen LogP contribution in [0.4, 0.5) is 0 Å². The fourth-order valence-electron chi connectivity index (χ4n) is 2.36. The van der Waals surface area contributed by atoms with Gasteiger partial charge in [-0.05, 0) is 18.9 Å². The summed E-state index contributed by atoms with van der Waals surface area (Å²) in [6, 6.07) is 7.81. The van der Waals surface area contributed by atoms with Crippen LogP contribution in [0, 0.1) is 12.3 Å². The van der Waals surface area contributed by atoms with Crippen molar-refractivity contribution >= 4 is 11.9 Å². The van der Waals surface area contributed by atoms with E-state index in [-0.39, 0.29) is 5.92 Å². The fraction of sp³-hybridized carbons (Fsp3) is 0.429. The Morgan fingerprint density at radius 3 is 2.06 bits per heavy atom. The molecule has 1 aliphatic rings. The molecular weight excluding hydrogens is 232 g/mol. The van der Waals surface area contributed by atoms with E-state index in [9.17, 15) is 9.59 Å². The van der Waals surface area contributed by atoms with Gasteiger partial charge in [0.25, 0.3) is 0 Å². The molecule has 0 heterocycles. The maximum atomic E-state index is 11.8. The quantitative estimate of drug-likeness (QED) is 0.604. The molecule has 1 atom stereocenters. The van der Waals surface area contributed by atoms with Crippen LogP contribution in [-0.4, -0.2) is 26.2 Å². The lowest BCUT2D eigenvalue weighted by atomic mass is 9.98. The standard InChI is InChI=1S/C14H16O4/c1-9-4-6-10(7-5-9)11-8-14(11,12(15)17-2)13(16)18-3/h4-7,11H,8H2,1-3H3. The molecule has 1 fully saturated rings. The van der Waals surface area contributed by atoms with Crippen molar-refractivity contribution in [3.63, 3.8) is 0 Å². The minimum absolute atomic E-state index is 0.141. The third-order valence-corrected chi connectivity index (χ3v) is 3.54. The highest BCUT2D eigenvalue weighted by Gasteiger charge is 2.68. The third kappa shape index (κ3) is 1.78. The zero-order valence-electron chi connectivity index (χ0n) is 10.7. The number of aryl methyl sites for hydroxylation is 1. The van der Waals surface area contributed by atoms with E-state index < -0.39 is 17.4 Å². The van der Waals surface area contributed by atoms with Crippen LogP contribution in [0.1, 0.15) is 23.5 Å². The van der Waals surface area contributed by atoms with Crippen LogP contribution >= 0.6 is 0 Å². The second-order valence-corrected chi connectivity index (χ2v) is 4.62. The molecule has 4 nitrogen and oxygen atoms in total. The average molecular weight is 248 g/mol.